The van der Waals surface area contributed by atoms with Gasteiger partial charge in [-0.1, -0.05) is 19.9 Å². The van der Waals surface area contributed by atoms with E-state index >= 15 is 0 Å². The lowest BCUT2D eigenvalue weighted by Gasteiger charge is -2.13. The summed E-state index contributed by atoms with van der Waals surface area (Å²) in [6, 6.07) is 3.67. The Labute approximate surface area is 73.0 Å². The summed E-state index contributed by atoms with van der Waals surface area (Å²) in [4.78, 5) is 0. The molecule has 0 radical (unpaired) electrons. The molecule has 0 saturated carbocycles. The minimum Gasteiger partial charge on any atom is -0.505 e. The van der Waals surface area contributed by atoms with E-state index < -0.39 is 0 Å². The third-order valence-corrected chi connectivity index (χ3v) is 2.04. The van der Waals surface area contributed by atoms with Crippen LogP contribution in [0.4, 0.5) is 5.69 Å². The van der Waals surface area contributed by atoms with E-state index in [1.165, 1.54) is 0 Å². The summed E-state index contributed by atoms with van der Waals surface area (Å²) in [5, 5.41) is 9.62. The molecular weight excluding hydrogens is 150 g/mol. The van der Waals surface area contributed by atoms with Crippen LogP contribution in [0.1, 0.15) is 30.9 Å². The lowest BCUT2D eigenvalue weighted by Crippen LogP contribution is -1.96. The van der Waals surface area contributed by atoms with E-state index in [2.05, 4.69) is 0 Å². The second-order valence-electron chi connectivity index (χ2n) is 3.39. The van der Waals surface area contributed by atoms with Gasteiger partial charge in [0.2, 0.25) is 0 Å². The van der Waals surface area contributed by atoms with E-state index in [0.717, 1.165) is 11.1 Å². The molecule has 1 aromatic carbocycles. The second kappa shape index (κ2) is 3.05. The first kappa shape index (κ1) is 8.91. The highest BCUT2D eigenvalue weighted by Gasteiger charge is 2.10. The number of anilines is 1. The summed E-state index contributed by atoms with van der Waals surface area (Å²) in [6.07, 6.45) is 0. The van der Waals surface area contributed by atoms with Gasteiger partial charge in [0.05, 0.1) is 5.69 Å². The van der Waals surface area contributed by atoms with Gasteiger partial charge in [0, 0.05) is 5.56 Å². The Morgan fingerprint density at radius 1 is 1.33 bits per heavy atom. The van der Waals surface area contributed by atoms with E-state index in [0.29, 0.717) is 11.6 Å². The number of phenolic OH excluding ortho intramolecular Hbond substituents is 1. The molecular formula is C10H15NO. The van der Waals surface area contributed by atoms with Crippen LogP contribution >= 0.6 is 0 Å². The van der Waals surface area contributed by atoms with Crippen molar-refractivity contribution in [1.82, 2.24) is 0 Å². The molecule has 0 aromatic heterocycles. The quantitative estimate of drug-likeness (QED) is 0.496. The first-order valence-corrected chi connectivity index (χ1v) is 4.12. The maximum Gasteiger partial charge on any atom is 0.142 e. The number of hydrogen-bond acceptors (Lipinski definition) is 2. The Balaban J connectivity index is 3.33. The smallest absolute Gasteiger partial charge is 0.142 e. The van der Waals surface area contributed by atoms with Crippen molar-refractivity contribution >= 4 is 5.69 Å². The van der Waals surface area contributed by atoms with Crippen LogP contribution in [0, 0.1) is 6.92 Å². The minimum absolute atomic E-state index is 0.241. The standard InChI is InChI=1S/C10H15NO/c1-6(2)9-7(3)4-5-8(11)10(9)12/h4-6,12H,11H2,1-3H3. The van der Waals surface area contributed by atoms with Crippen LogP contribution in [0.25, 0.3) is 0 Å². The fourth-order valence-electron chi connectivity index (χ4n) is 1.45. The van der Waals surface area contributed by atoms with E-state index in [4.69, 9.17) is 5.73 Å². The number of hydrogen-bond donors (Lipinski definition) is 2. The Morgan fingerprint density at radius 3 is 2.33 bits per heavy atom. The molecule has 0 unspecified atom stereocenters. The number of rotatable bonds is 1. The third-order valence-electron chi connectivity index (χ3n) is 2.04. The van der Waals surface area contributed by atoms with Gasteiger partial charge in [-0.25, -0.2) is 0 Å². The van der Waals surface area contributed by atoms with Crippen LogP contribution in [-0.4, -0.2) is 5.11 Å². The SMILES string of the molecule is Cc1ccc(N)c(O)c1C(C)C. The summed E-state index contributed by atoms with van der Waals surface area (Å²) >= 11 is 0. The van der Waals surface area contributed by atoms with Crippen molar-refractivity contribution in [3.05, 3.63) is 23.3 Å². The third kappa shape index (κ3) is 1.37. The lowest BCUT2D eigenvalue weighted by atomic mass is 9.96. The van der Waals surface area contributed by atoms with Gasteiger partial charge in [-0.15, -0.1) is 0 Å². The molecule has 3 N–H and O–H groups in total. The molecule has 0 heterocycles. The number of benzene rings is 1. The van der Waals surface area contributed by atoms with Crippen LogP contribution < -0.4 is 5.73 Å². The molecule has 0 bridgehead atoms. The van der Waals surface area contributed by atoms with Crippen molar-refractivity contribution in [1.29, 1.82) is 0 Å². The highest BCUT2D eigenvalue weighted by Crippen LogP contribution is 2.33. The van der Waals surface area contributed by atoms with E-state index in [9.17, 15) is 5.11 Å². The predicted molar refractivity (Wildman–Crippen MR) is 51.3 cm³/mol. The molecule has 2 heteroatoms. The Bertz CT molecular complexity index is 292. The first-order chi connectivity index (χ1) is 5.54. The van der Waals surface area contributed by atoms with Gasteiger partial charge in [0.1, 0.15) is 5.75 Å². The molecule has 0 saturated heterocycles. The van der Waals surface area contributed by atoms with Gasteiger partial charge in [0.15, 0.2) is 0 Å². The van der Waals surface area contributed by atoms with Crippen LogP contribution in [0.5, 0.6) is 5.75 Å². The van der Waals surface area contributed by atoms with Gasteiger partial charge < -0.3 is 10.8 Å². The van der Waals surface area contributed by atoms with Crippen molar-refractivity contribution in [3.8, 4) is 5.75 Å². The molecule has 0 fully saturated rings. The zero-order valence-corrected chi connectivity index (χ0v) is 7.76. The molecule has 66 valence electrons. The van der Waals surface area contributed by atoms with Crippen LogP contribution in [0.2, 0.25) is 0 Å². The number of phenols is 1. The summed E-state index contributed by atoms with van der Waals surface area (Å²) in [7, 11) is 0. The maximum absolute atomic E-state index is 9.62. The van der Waals surface area contributed by atoms with Gasteiger partial charge in [-0.2, -0.15) is 0 Å². The maximum atomic E-state index is 9.62. The van der Waals surface area contributed by atoms with Gasteiger partial charge >= 0.3 is 0 Å². The molecule has 0 aliphatic carbocycles. The molecule has 0 atom stereocenters. The van der Waals surface area contributed by atoms with Crippen molar-refractivity contribution in [3.63, 3.8) is 0 Å². The molecule has 1 aromatic rings. The van der Waals surface area contributed by atoms with E-state index in [-0.39, 0.29) is 5.75 Å². The van der Waals surface area contributed by atoms with Gasteiger partial charge in [0.25, 0.3) is 0 Å². The summed E-state index contributed by atoms with van der Waals surface area (Å²) < 4.78 is 0. The van der Waals surface area contributed by atoms with Gasteiger partial charge in [-0.05, 0) is 24.5 Å². The number of aromatic hydroxyl groups is 1. The van der Waals surface area contributed by atoms with Crippen molar-refractivity contribution in [2.24, 2.45) is 0 Å². The zero-order valence-electron chi connectivity index (χ0n) is 7.76. The van der Waals surface area contributed by atoms with Gasteiger partial charge in [-0.3, -0.25) is 0 Å². The highest BCUT2D eigenvalue weighted by atomic mass is 16.3. The average Bonchev–Trinajstić information content (AvgIpc) is 1.97. The van der Waals surface area contributed by atoms with Crippen molar-refractivity contribution < 1.29 is 5.11 Å². The van der Waals surface area contributed by atoms with E-state index in [1.807, 2.05) is 26.8 Å². The first-order valence-electron chi connectivity index (χ1n) is 4.12. The number of nitrogens with two attached hydrogens (primary N) is 1. The van der Waals surface area contributed by atoms with Crippen LogP contribution in [0.3, 0.4) is 0 Å². The van der Waals surface area contributed by atoms with Crippen LogP contribution in [-0.2, 0) is 0 Å². The predicted octanol–water partition coefficient (Wildman–Crippen LogP) is 2.41. The molecule has 1 rings (SSSR count). The Hall–Kier alpha value is -1.18. The largest absolute Gasteiger partial charge is 0.505 e. The highest BCUT2D eigenvalue weighted by molar-refractivity contribution is 5.59. The molecule has 2 nitrogen and oxygen atoms in total. The number of nitrogen functional groups attached to an aromatic ring is 1. The summed E-state index contributed by atoms with van der Waals surface area (Å²) in [6.45, 7) is 6.07. The normalized spacial score (nSPS) is 10.7. The van der Waals surface area contributed by atoms with Crippen molar-refractivity contribution in [2.45, 2.75) is 26.7 Å². The lowest BCUT2D eigenvalue weighted by molar-refractivity contribution is 0.467. The molecule has 12 heavy (non-hydrogen) atoms. The summed E-state index contributed by atoms with van der Waals surface area (Å²) in [5.74, 6) is 0.554. The molecule has 0 spiro atoms. The fourth-order valence-corrected chi connectivity index (χ4v) is 1.45. The molecule has 0 aliphatic rings. The summed E-state index contributed by atoms with van der Waals surface area (Å²) in [5.41, 5.74) is 8.09. The zero-order chi connectivity index (χ0) is 9.30. The fraction of sp³-hybridized carbons (Fsp3) is 0.400. The Morgan fingerprint density at radius 2 is 1.92 bits per heavy atom. The van der Waals surface area contributed by atoms with Crippen LogP contribution in [0.15, 0.2) is 12.1 Å². The average molecular weight is 165 g/mol. The van der Waals surface area contributed by atoms with E-state index in [1.54, 1.807) is 6.07 Å². The Kier molecular flexibility index (Phi) is 2.27. The monoisotopic (exact) mass is 165 g/mol. The molecule has 0 amide bonds. The van der Waals surface area contributed by atoms with Crippen molar-refractivity contribution in [2.75, 3.05) is 5.73 Å². The minimum atomic E-state index is 0.241. The molecule has 0 aliphatic heterocycles. The topological polar surface area (TPSA) is 46.2 Å². The number of aryl methyl sites for hydroxylation is 1. The second-order valence-corrected chi connectivity index (χ2v) is 3.39.